The number of rotatable bonds is 2. The second-order valence-electron chi connectivity index (χ2n) is 4.25. The van der Waals surface area contributed by atoms with Crippen LogP contribution in [0.15, 0.2) is 6.20 Å². The van der Waals surface area contributed by atoms with Crippen LogP contribution in [0.25, 0.3) is 0 Å². The Bertz CT molecular complexity index is 457. The van der Waals surface area contributed by atoms with Gasteiger partial charge in [0.15, 0.2) is 5.69 Å². The molecule has 1 aliphatic heterocycles. The zero-order valence-corrected chi connectivity index (χ0v) is 10.5. The average molecular weight is 252 g/mol. The minimum atomic E-state index is -0.502. The van der Waals surface area contributed by atoms with Crippen molar-refractivity contribution in [3.8, 4) is 0 Å². The van der Waals surface area contributed by atoms with E-state index in [9.17, 15) is 9.59 Å². The van der Waals surface area contributed by atoms with Crippen LogP contribution in [-0.2, 0) is 16.6 Å². The van der Waals surface area contributed by atoms with Crippen LogP contribution in [0.4, 0.5) is 0 Å². The van der Waals surface area contributed by atoms with E-state index in [1.54, 1.807) is 7.05 Å². The molecular formula is C11H16N4O3. The SMILES string of the molecule is COC(=O)[C@H]1CCCCN1C(=O)c1cnn(C)n1. The van der Waals surface area contributed by atoms with Crippen LogP contribution in [0.5, 0.6) is 0 Å². The predicted molar refractivity (Wildman–Crippen MR) is 61.7 cm³/mol. The Morgan fingerprint density at radius 1 is 1.44 bits per heavy atom. The number of carbonyl (C=O) groups excluding carboxylic acids is 2. The summed E-state index contributed by atoms with van der Waals surface area (Å²) >= 11 is 0. The summed E-state index contributed by atoms with van der Waals surface area (Å²) in [4.78, 5) is 26.8. The Morgan fingerprint density at radius 2 is 2.22 bits per heavy atom. The van der Waals surface area contributed by atoms with Gasteiger partial charge in [0, 0.05) is 13.6 Å². The van der Waals surface area contributed by atoms with Gasteiger partial charge < -0.3 is 9.64 Å². The first-order valence-electron chi connectivity index (χ1n) is 5.88. The summed E-state index contributed by atoms with van der Waals surface area (Å²) in [5.74, 6) is -0.634. The van der Waals surface area contributed by atoms with E-state index in [-0.39, 0.29) is 17.6 Å². The highest BCUT2D eigenvalue weighted by Gasteiger charge is 2.34. The number of hydrogen-bond donors (Lipinski definition) is 0. The van der Waals surface area contributed by atoms with Crippen LogP contribution in [0.3, 0.4) is 0 Å². The molecule has 2 heterocycles. The van der Waals surface area contributed by atoms with Gasteiger partial charge in [-0.1, -0.05) is 0 Å². The first kappa shape index (κ1) is 12.5. The molecular weight excluding hydrogens is 236 g/mol. The number of piperidine rings is 1. The number of nitrogens with zero attached hydrogens (tertiary/aromatic N) is 4. The molecule has 0 aromatic carbocycles. The van der Waals surface area contributed by atoms with Gasteiger partial charge >= 0.3 is 5.97 Å². The molecule has 0 unspecified atom stereocenters. The molecule has 0 N–H and O–H groups in total. The van der Waals surface area contributed by atoms with Gasteiger partial charge in [-0.25, -0.2) is 4.79 Å². The van der Waals surface area contributed by atoms with E-state index < -0.39 is 6.04 Å². The lowest BCUT2D eigenvalue weighted by molar-refractivity contribution is -0.147. The number of carbonyl (C=O) groups is 2. The average Bonchev–Trinajstić information content (AvgIpc) is 2.83. The molecule has 18 heavy (non-hydrogen) atoms. The Labute approximate surface area is 105 Å². The van der Waals surface area contributed by atoms with E-state index >= 15 is 0 Å². The highest BCUT2D eigenvalue weighted by molar-refractivity contribution is 5.95. The third kappa shape index (κ3) is 2.34. The Hall–Kier alpha value is -1.92. The number of hydrogen-bond acceptors (Lipinski definition) is 5. The van der Waals surface area contributed by atoms with Crippen LogP contribution >= 0.6 is 0 Å². The number of methoxy groups -OCH3 is 1. The number of amides is 1. The minimum absolute atomic E-state index is 0.258. The van der Waals surface area contributed by atoms with E-state index in [2.05, 4.69) is 10.2 Å². The smallest absolute Gasteiger partial charge is 0.328 e. The fourth-order valence-corrected chi connectivity index (χ4v) is 2.15. The molecule has 0 saturated carbocycles. The zero-order valence-electron chi connectivity index (χ0n) is 10.5. The largest absolute Gasteiger partial charge is 0.467 e. The first-order chi connectivity index (χ1) is 8.63. The van der Waals surface area contributed by atoms with Gasteiger partial charge in [-0.2, -0.15) is 9.90 Å². The Balaban J connectivity index is 2.18. The lowest BCUT2D eigenvalue weighted by Gasteiger charge is -2.33. The van der Waals surface area contributed by atoms with Gasteiger partial charge in [-0.05, 0) is 19.3 Å². The minimum Gasteiger partial charge on any atom is -0.467 e. The van der Waals surface area contributed by atoms with Gasteiger partial charge in [0.25, 0.3) is 5.91 Å². The molecule has 0 aliphatic carbocycles. The van der Waals surface area contributed by atoms with Crippen molar-refractivity contribution in [2.24, 2.45) is 7.05 Å². The topological polar surface area (TPSA) is 77.3 Å². The van der Waals surface area contributed by atoms with Crippen molar-refractivity contribution >= 4 is 11.9 Å². The second-order valence-corrected chi connectivity index (χ2v) is 4.25. The zero-order chi connectivity index (χ0) is 13.1. The summed E-state index contributed by atoms with van der Waals surface area (Å²) in [6.07, 6.45) is 3.85. The first-order valence-corrected chi connectivity index (χ1v) is 5.88. The highest BCUT2D eigenvalue weighted by Crippen LogP contribution is 2.19. The van der Waals surface area contributed by atoms with Gasteiger partial charge in [-0.3, -0.25) is 4.79 Å². The molecule has 1 aliphatic rings. The normalized spacial score (nSPS) is 19.7. The molecule has 2 rings (SSSR count). The van der Waals surface area contributed by atoms with Gasteiger partial charge in [0.05, 0.1) is 13.3 Å². The fourth-order valence-electron chi connectivity index (χ4n) is 2.15. The van der Waals surface area contributed by atoms with Crippen LogP contribution in [0.1, 0.15) is 29.8 Å². The van der Waals surface area contributed by atoms with Gasteiger partial charge in [-0.15, -0.1) is 5.10 Å². The van der Waals surface area contributed by atoms with Crippen LogP contribution in [0, 0.1) is 0 Å². The van der Waals surface area contributed by atoms with Crippen molar-refractivity contribution in [3.05, 3.63) is 11.9 Å². The van der Waals surface area contributed by atoms with E-state index in [1.807, 2.05) is 0 Å². The molecule has 1 fully saturated rings. The lowest BCUT2D eigenvalue weighted by atomic mass is 10.0. The van der Waals surface area contributed by atoms with Crippen LogP contribution < -0.4 is 0 Å². The maximum Gasteiger partial charge on any atom is 0.328 e. The molecule has 98 valence electrons. The molecule has 1 aromatic heterocycles. The third-order valence-corrected chi connectivity index (χ3v) is 3.06. The van der Waals surface area contributed by atoms with Crippen molar-refractivity contribution in [1.29, 1.82) is 0 Å². The van der Waals surface area contributed by atoms with Crippen molar-refractivity contribution < 1.29 is 14.3 Å². The predicted octanol–water partition coefficient (Wildman–Crippen LogP) is -0.0172. The summed E-state index contributed by atoms with van der Waals surface area (Å²) in [6.45, 7) is 0.551. The standard InChI is InChI=1S/C11H16N4O3/c1-14-12-7-8(13-14)10(16)15-6-4-3-5-9(15)11(17)18-2/h7,9H,3-6H2,1-2H3/t9-/m1/s1. The molecule has 0 radical (unpaired) electrons. The highest BCUT2D eigenvalue weighted by atomic mass is 16.5. The van der Waals surface area contributed by atoms with Crippen molar-refractivity contribution in [1.82, 2.24) is 19.9 Å². The summed E-state index contributed by atoms with van der Waals surface area (Å²) < 4.78 is 4.74. The molecule has 0 spiro atoms. The quantitative estimate of drug-likeness (QED) is 0.691. The molecule has 1 amide bonds. The monoisotopic (exact) mass is 252 g/mol. The molecule has 0 bridgehead atoms. The van der Waals surface area contributed by atoms with E-state index in [0.717, 1.165) is 12.8 Å². The van der Waals surface area contributed by atoms with E-state index in [0.29, 0.717) is 13.0 Å². The van der Waals surface area contributed by atoms with E-state index in [4.69, 9.17) is 4.74 Å². The Morgan fingerprint density at radius 3 is 2.83 bits per heavy atom. The fraction of sp³-hybridized carbons (Fsp3) is 0.636. The summed E-state index contributed by atoms with van der Waals surface area (Å²) in [6, 6.07) is -0.502. The lowest BCUT2D eigenvalue weighted by Crippen LogP contribution is -2.48. The third-order valence-electron chi connectivity index (χ3n) is 3.06. The van der Waals surface area contributed by atoms with Crippen LogP contribution in [0.2, 0.25) is 0 Å². The van der Waals surface area contributed by atoms with Crippen molar-refractivity contribution in [2.75, 3.05) is 13.7 Å². The maximum absolute atomic E-state index is 12.2. The number of likely N-dealkylation sites (tertiary alicyclic amines) is 1. The Kier molecular flexibility index (Phi) is 3.59. The van der Waals surface area contributed by atoms with Gasteiger partial charge in [0.1, 0.15) is 6.04 Å². The summed E-state index contributed by atoms with van der Waals surface area (Å²) in [5.41, 5.74) is 0.258. The van der Waals surface area contributed by atoms with E-state index in [1.165, 1.54) is 23.0 Å². The molecule has 7 nitrogen and oxygen atoms in total. The van der Waals surface area contributed by atoms with Gasteiger partial charge in [0.2, 0.25) is 0 Å². The number of aromatic nitrogens is 3. The molecule has 1 saturated heterocycles. The van der Waals surface area contributed by atoms with Crippen molar-refractivity contribution in [3.63, 3.8) is 0 Å². The summed E-state index contributed by atoms with van der Waals surface area (Å²) in [5, 5.41) is 7.83. The maximum atomic E-state index is 12.2. The number of aryl methyl sites for hydroxylation is 1. The molecule has 1 atom stereocenters. The number of esters is 1. The second kappa shape index (κ2) is 5.16. The van der Waals surface area contributed by atoms with Crippen molar-refractivity contribution in [2.45, 2.75) is 25.3 Å². The van der Waals surface area contributed by atoms with Crippen LogP contribution in [-0.4, -0.2) is 51.5 Å². The molecule has 7 heteroatoms. The summed E-state index contributed by atoms with van der Waals surface area (Å²) in [7, 11) is 2.98. The number of ether oxygens (including phenoxy) is 1. The molecule has 1 aromatic rings.